The van der Waals surface area contributed by atoms with Crippen LogP contribution in [0.5, 0.6) is 0 Å². The molecule has 0 bridgehead atoms. The van der Waals surface area contributed by atoms with Crippen molar-refractivity contribution in [2.24, 2.45) is 0 Å². The molecule has 27 heavy (non-hydrogen) atoms. The molecule has 0 saturated heterocycles. The van der Waals surface area contributed by atoms with Crippen LogP contribution in [0.4, 0.5) is 22.0 Å². The Labute approximate surface area is 156 Å². The van der Waals surface area contributed by atoms with Crippen molar-refractivity contribution in [3.05, 3.63) is 12.7 Å². The van der Waals surface area contributed by atoms with Crippen LogP contribution in [-0.4, -0.2) is 34.9 Å². The fourth-order valence-electron chi connectivity index (χ4n) is 4.29. The third-order valence-corrected chi connectivity index (χ3v) is 5.95. The average molecular weight is 398 g/mol. The van der Waals surface area contributed by atoms with Crippen molar-refractivity contribution in [2.75, 3.05) is 0 Å². The summed E-state index contributed by atoms with van der Waals surface area (Å²) in [5.74, 6) is -5.63. The Bertz CT molecular complexity index is 560. The molecule has 3 nitrogen and oxygen atoms in total. The summed E-state index contributed by atoms with van der Waals surface area (Å²) in [6, 6.07) is 0. The molecular weight excluding hydrogens is 371 g/mol. The van der Waals surface area contributed by atoms with Gasteiger partial charge in [-0.2, -0.15) is 22.0 Å². The van der Waals surface area contributed by atoms with Crippen molar-refractivity contribution in [1.29, 1.82) is 0 Å². The Morgan fingerprint density at radius 1 is 0.963 bits per heavy atom. The highest BCUT2D eigenvalue weighted by molar-refractivity contribution is 5.81. The van der Waals surface area contributed by atoms with E-state index in [1.165, 1.54) is 6.92 Å². The van der Waals surface area contributed by atoms with Gasteiger partial charge >= 0.3 is 18.1 Å². The van der Waals surface area contributed by atoms with Crippen LogP contribution >= 0.6 is 0 Å². The zero-order chi connectivity index (χ0) is 20.6. The first-order valence-corrected chi connectivity index (χ1v) is 9.33. The zero-order valence-corrected chi connectivity index (χ0v) is 15.8. The third kappa shape index (κ3) is 3.87. The minimum absolute atomic E-state index is 0.241. The molecule has 0 radical (unpaired) electrons. The first-order valence-electron chi connectivity index (χ1n) is 9.33. The van der Waals surface area contributed by atoms with Crippen LogP contribution in [0.25, 0.3) is 0 Å². The second-order valence-corrected chi connectivity index (χ2v) is 8.04. The molecule has 2 aliphatic carbocycles. The van der Waals surface area contributed by atoms with Gasteiger partial charge in [0.15, 0.2) is 5.60 Å². The van der Waals surface area contributed by atoms with E-state index in [1.54, 1.807) is 0 Å². The molecule has 0 spiro atoms. The van der Waals surface area contributed by atoms with Gasteiger partial charge in [0.25, 0.3) is 0 Å². The van der Waals surface area contributed by atoms with E-state index >= 15 is 8.78 Å². The number of hydrogen-bond acceptors (Lipinski definition) is 3. The Kier molecular flexibility index (Phi) is 6.01. The summed E-state index contributed by atoms with van der Waals surface area (Å²) < 4.78 is 83.5. The molecule has 1 unspecified atom stereocenters. The first kappa shape index (κ1) is 22.1. The Morgan fingerprint density at radius 3 is 1.89 bits per heavy atom. The number of hydrogen-bond donors (Lipinski definition) is 0. The lowest BCUT2D eigenvalue weighted by Gasteiger charge is -2.51. The highest BCUT2D eigenvalue weighted by Crippen LogP contribution is 2.57. The normalized spacial score (nSPS) is 24.9. The largest absolute Gasteiger partial charge is 0.449 e. The summed E-state index contributed by atoms with van der Waals surface area (Å²) in [5, 5.41) is 0. The number of carbonyl (C=O) groups excluding carboxylic acids is 1. The maximum absolute atomic E-state index is 15.7. The van der Waals surface area contributed by atoms with Crippen molar-refractivity contribution < 1.29 is 36.2 Å². The molecule has 2 fully saturated rings. The van der Waals surface area contributed by atoms with Crippen LogP contribution in [0, 0.1) is 0 Å². The van der Waals surface area contributed by atoms with Gasteiger partial charge in [0.05, 0.1) is 5.60 Å². The van der Waals surface area contributed by atoms with Gasteiger partial charge in [-0.25, -0.2) is 4.79 Å². The summed E-state index contributed by atoms with van der Waals surface area (Å²) in [5.41, 5.74) is -7.65. The quantitative estimate of drug-likeness (QED) is 0.326. The Morgan fingerprint density at radius 2 is 1.44 bits per heavy atom. The molecule has 2 rings (SSSR count). The van der Waals surface area contributed by atoms with Gasteiger partial charge in [-0.1, -0.05) is 25.8 Å². The average Bonchev–Trinajstić information content (AvgIpc) is 3.00. The predicted octanol–water partition coefficient (Wildman–Crippen LogP) is 5.72. The molecule has 0 N–H and O–H groups in total. The molecular formula is C19H27F5O3. The topological polar surface area (TPSA) is 35.5 Å². The van der Waals surface area contributed by atoms with Gasteiger partial charge in [0, 0.05) is 6.08 Å². The Balaban J connectivity index is 2.52. The predicted molar refractivity (Wildman–Crippen MR) is 89.5 cm³/mol. The summed E-state index contributed by atoms with van der Waals surface area (Å²) in [4.78, 5) is 11.7. The molecule has 0 heterocycles. The second-order valence-electron chi connectivity index (χ2n) is 8.04. The van der Waals surface area contributed by atoms with Crippen molar-refractivity contribution in [3.63, 3.8) is 0 Å². The molecule has 2 aliphatic rings. The molecule has 0 aromatic heterocycles. The van der Waals surface area contributed by atoms with Crippen molar-refractivity contribution in [2.45, 2.75) is 101 Å². The number of ether oxygens (including phenoxy) is 2. The highest BCUT2D eigenvalue weighted by Gasteiger charge is 2.77. The van der Waals surface area contributed by atoms with Crippen LogP contribution in [-0.2, 0) is 14.3 Å². The van der Waals surface area contributed by atoms with E-state index < -0.39 is 34.9 Å². The van der Waals surface area contributed by atoms with Crippen LogP contribution in [0.2, 0.25) is 0 Å². The zero-order valence-electron chi connectivity index (χ0n) is 15.8. The molecule has 1 atom stereocenters. The number of esters is 1. The van der Waals surface area contributed by atoms with Crippen molar-refractivity contribution >= 4 is 5.97 Å². The van der Waals surface area contributed by atoms with Gasteiger partial charge in [-0.05, 0) is 52.4 Å². The first-order chi connectivity index (χ1) is 12.3. The SMILES string of the molecule is C=CC(=O)OC1(C(F)(F)C(C)(OC2(C)CCCC2)C(F)(F)F)CCCCC1. The summed E-state index contributed by atoms with van der Waals surface area (Å²) in [7, 11) is 0. The van der Waals surface area contributed by atoms with Gasteiger partial charge in [-0.15, -0.1) is 0 Å². The summed E-state index contributed by atoms with van der Waals surface area (Å²) >= 11 is 0. The van der Waals surface area contributed by atoms with E-state index in [2.05, 4.69) is 6.58 Å². The lowest BCUT2D eigenvalue weighted by Crippen LogP contribution is -2.71. The maximum atomic E-state index is 15.7. The number of carbonyl (C=O) groups is 1. The third-order valence-electron chi connectivity index (χ3n) is 5.95. The van der Waals surface area contributed by atoms with Gasteiger partial charge in [-0.3, -0.25) is 0 Å². The van der Waals surface area contributed by atoms with E-state index in [-0.39, 0.29) is 38.5 Å². The molecule has 0 aliphatic heterocycles. The molecule has 0 amide bonds. The van der Waals surface area contributed by atoms with E-state index in [9.17, 15) is 18.0 Å². The minimum Gasteiger partial charge on any atom is -0.449 e. The second kappa shape index (κ2) is 7.33. The molecule has 8 heteroatoms. The molecule has 0 aromatic rings. The fourth-order valence-corrected chi connectivity index (χ4v) is 4.29. The van der Waals surface area contributed by atoms with Crippen molar-refractivity contribution in [1.82, 2.24) is 0 Å². The summed E-state index contributed by atoms with van der Waals surface area (Å²) in [6.07, 6.45) is -2.52. The van der Waals surface area contributed by atoms with Crippen molar-refractivity contribution in [3.8, 4) is 0 Å². The number of alkyl halides is 5. The van der Waals surface area contributed by atoms with E-state index in [0.29, 0.717) is 32.3 Å². The fraction of sp³-hybridized carbons (Fsp3) is 0.842. The molecule has 2 saturated carbocycles. The maximum Gasteiger partial charge on any atom is 0.423 e. The van der Waals surface area contributed by atoms with Gasteiger partial charge in [0.2, 0.25) is 5.60 Å². The monoisotopic (exact) mass is 398 g/mol. The van der Waals surface area contributed by atoms with Gasteiger partial charge in [0.1, 0.15) is 0 Å². The Hall–Kier alpha value is -1.18. The smallest absolute Gasteiger partial charge is 0.423 e. The van der Waals surface area contributed by atoms with Crippen LogP contribution in [0.15, 0.2) is 12.7 Å². The molecule has 156 valence electrons. The van der Waals surface area contributed by atoms with E-state index in [4.69, 9.17) is 9.47 Å². The van der Waals surface area contributed by atoms with Crippen LogP contribution in [0.1, 0.15) is 71.6 Å². The standard InChI is InChI=1S/C19H27F5O3/c1-4-14(25)26-17(12-6-5-7-13-17)18(20,21)16(3,19(22,23)24)27-15(2)10-8-9-11-15/h4H,1,5-13H2,2-3H3. The van der Waals surface area contributed by atoms with Crippen LogP contribution < -0.4 is 0 Å². The highest BCUT2D eigenvalue weighted by atomic mass is 19.4. The summed E-state index contributed by atoms with van der Waals surface area (Å²) in [6.45, 7) is 4.99. The van der Waals surface area contributed by atoms with Crippen LogP contribution in [0.3, 0.4) is 0 Å². The lowest BCUT2D eigenvalue weighted by atomic mass is 9.73. The molecule has 0 aromatic carbocycles. The lowest BCUT2D eigenvalue weighted by molar-refractivity contribution is -0.395. The van der Waals surface area contributed by atoms with E-state index in [1.807, 2.05) is 0 Å². The number of halogens is 5. The number of rotatable bonds is 6. The van der Waals surface area contributed by atoms with E-state index in [0.717, 1.165) is 0 Å². The minimum atomic E-state index is -5.35. The van der Waals surface area contributed by atoms with Gasteiger partial charge < -0.3 is 9.47 Å².